The van der Waals surface area contributed by atoms with Crippen molar-refractivity contribution in [3.63, 3.8) is 0 Å². The van der Waals surface area contributed by atoms with Crippen molar-refractivity contribution in [3.8, 4) is 11.1 Å². The van der Waals surface area contributed by atoms with E-state index < -0.39 is 29.7 Å². The van der Waals surface area contributed by atoms with Gasteiger partial charge in [-0.25, -0.2) is 9.97 Å². The number of nitrogens with zero attached hydrogens (tertiary/aromatic N) is 9. The second-order valence-electron chi connectivity index (χ2n) is 21.7. The van der Waals surface area contributed by atoms with Crippen molar-refractivity contribution in [1.29, 1.82) is 0 Å². The highest BCUT2D eigenvalue weighted by Gasteiger charge is 2.46. The zero-order chi connectivity index (χ0) is 49.9. The van der Waals surface area contributed by atoms with Crippen LogP contribution >= 0.6 is 0 Å². The summed E-state index contributed by atoms with van der Waals surface area (Å²) in [6, 6.07) is 13.2. The number of aromatic nitrogens is 4. The predicted octanol–water partition coefficient (Wildman–Crippen LogP) is 4.17. The molecule has 3 N–H and O–H groups in total. The summed E-state index contributed by atoms with van der Waals surface area (Å²) >= 11 is 0. The molecule has 72 heavy (non-hydrogen) atoms. The third-order valence-electron chi connectivity index (χ3n) is 16.5. The second kappa shape index (κ2) is 17.3. The Bertz CT molecular complexity index is 3200. The number of aliphatic hydroxyl groups is 1. The number of benzene rings is 1. The number of carbonyl (C=O) groups excluding carboxylic acids is 5. The number of amides is 5. The molecule has 10 heterocycles. The van der Waals surface area contributed by atoms with Crippen molar-refractivity contribution in [2.45, 2.75) is 110 Å². The molecule has 18 nitrogen and oxygen atoms in total. The maximum Gasteiger partial charge on any atom is 0.276 e. The molecular formula is C54H59N11O7. The van der Waals surface area contributed by atoms with Crippen LogP contribution in [-0.4, -0.2) is 125 Å². The standard InChI is InChI=1S/C54H59N11O7/c1-30-26-61(35-10-12-60-28-33-19-40-39(18-31(33)17-37(60)22-35)50(69)65(51(40)70)43-6-8-47(67)58-49(43)68)13-14-62(30)36-5-7-46(56-25-36)57-42-20-34(27-59(4)52(42)71)38-9-11-55-48(41(38)29-66)64-16-15-63-44(53(64)72)21-32-23-54(2,3)24-45(32)63/h5,7,9,11,18-21,25,27,30,35,37,43,66H,6,8,10,12-17,22-24,26,28-29H2,1-4H3,(H,56,57)(H,58,67,68)/t30-,35-,37+,43?/m0/s1. The Balaban J connectivity index is 0.692. The van der Waals surface area contributed by atoms with Gasteiger partial charge in [-0.2, -0.15) is 0 Å². The van der Waals surface area contributed by atoms with Gasteiger partial charge >= 0.3 is 0 Å². The lowest BCUT2D eigenvalue weighted by Gasteiger charge is -2.49. The van der Waals surface area contributed by atoms with E-state index in [1.807, 2.05) is 36.5 Å². The number of anilines is 4. The first kappa shape index (κ1) is 46.1. The number of carbonyl (C=O) groups is 5. The van der Waals surface area contributed by atoms with Gasteiger partial charge in [0.1, 0.15) is 29.1 Å². The minimum atomic E-state index is -0.984. The normalized spacial score (nSPS) is 24.0. The number of aliphatic hydroxyl groups excluding tert-OH is 1. The molecule has 1 aromatic carbocycles. The first-order chi connectivity index (χ1) is 34.6. The molecule has 1 aliphatic carbocycles. The fourth-order valence-corrected chi connectivity index (χ4v) is 12.9. The van der Waals surface area contributed by atoms with Gasteiger partial charge in [0.2, 0.25) is 11.8 Å². The Morgan fingerprint density at radius 3 is 2.38 bits per heavy atom. The largest absolute Gasteiger partial charge is 0.392 e. The topological polar surface area (TPSA) is 199 Å². The lowest BCUT2D eigenvalue weighted by atomic mass is 9.84. The number of hydrogen-bond donors (Lipinski definition) is 3. The third-order valence-corrected chi connectivity index (χ3v) is 16.5. The van der Waals surface area contributed by atoms with Crippen molar-refractivity contribution in [3.05, 3.63) is 116 Å². The van der Waals surface area contributed by atoms with E-state index >= 15 is 0 Å². The number of fused-ring (bicyclic) bond motifs is 6. The van der Waals surface area contributed by atoms with E-state index in [4.69, 9.17) is 4.98 Å². The zero-order valence-corrected chi connectivity index (χ0v) is 41.1. The molecule has 4 atom stereocenters. The zero-order valence-electron chi connectivity index (χ0n) is 41.1. The van der Waals surface area contributed by atoms with Gasteiger partial charge < -0.3 is 24.5 Å². The molecule has 18 heteroatoms. The molecule has 0 saturated carbocycles. The van der Waals surface area contributed by atoms with Crippen molar-refractivity contribution in [2.75, 3.05) is 47.8 Å². The molecular weight excluding hydrogens is 915 g/mol. The van der Waals surface area contributed by atoms with Gasteiger partial charge in [-0.3, -0.25) is 53.7 Å². The summed E-state index contributed by atoms with van der Waals surface area (Å²) < 4.78 is 3.66. The molecule has 0 spiro atoms. The Kier molecular flexibility index (Phi) is 11.1. The third kappa shape index (κ3) is 7.72. The van der Waals surface area contributed by atoms with Gasteiger partial charge in [0.05, 0.1) is 29.6 Å². The van der Waals surface area contributed by atoms with Crippen LogP contribution < -0.4 is 26.0 Å². The molecule has 0 radical (unpaired) electrons. The maximum absolute atomic E-state index is 14.0. The monoisotopic (exact) mass is 973 g/mol. The van der Waals surface area contributed by atoms with Crippen molar-refractivity contribution in [1.82, 2.24) is 39.1 Å². The number of pyridine rings is 3. The minimum Gasteiger partial charge on any atom is -0.392 e. The summed E-state index contributed by atoms with van der Waals surface area (Å²) in [7, 11) is 1.69. The quantitative estimate of drug-likeness (QED) is 0.188. The fourth-order valence-electron chi connectivity index (χ4n) is 12.9. The molecule has 12 rings (SSSR count). The van der Waals surface area contributed by atoms with E-state index in [2.05, 4.69) is 55.7 Å². The van der Waals surface area contributed by atoms with E-state index in [9.17, 15) is 33.9 Å². The lowest BCUT2D eigenvalue weighted by molar-refractivity contribution is -0.136. The van der Waals surface area contributed by atoms with Gasteiger partial charge in [-0.05, 0) is 116 Å². The SMILES string of the molecule is C[C@H]1CN([C@H]2CCN3Cc4cc5c(cc4C[C@@H]3C2)C(=O)N(C2CCC(=O)NC2=O)C5=O)CCN1c1ccc(Nc2cc(-c3ccnc(N4CCn5c(cc6c5CC(C)(C)C6)C4=O)c3CO)cn(C)c2=O)nc1. The number of piperazine rings is 1. The van der Waals surface area contributed by atoms with E-state index in [1.54, 1.807) is 36.5 Å². The lowest BCUT2D eigenvalue weighted by Crippen LogP contribution is -2.58. The maximum atomic E-state index is 14.0. The van der Waals surface area contributed by atoms with Crippen LogP contribution in [0, 0.1) is 5.41 Å². The van der Waals surface area contributed by atoms with Crippen molar-refractivity contribution >= 4 is 52.5 Å². The average Bonchev–Trinajstić information content (AvgIpc) is 3.94. The smallest absolute Gasteiger partial charge is 0.276 e. The summed E-state index contributed by atoms with van der Waals surface area (Å²) in [6.07, 6.45) is 10.1. The van der Waals surface area contributed by atoms with Crippen molar-refractivity contribution < 1.29 is 29.1 Å². The molecule has 3 saturated heterocycles. The first-order valence-corrected chi connectivity index (χ1v) is 25.3. The Morgan fingerprint density at radius 2 is 1.62 bits per heavy atom. The van der Waals surface area contributed by atoms with Gasteiger partial charge in [0.25, 0.3) is 23.3 Å². The van der Waals surface area contributed by atoms with Gasteiger partial charge in [0.15, 0.2) is 0 Å². The molecule has 3 fully saturated rings. The van der Waals surface area contributed by atoms with Crippen molar-refractivity contribution in [2.24, 2.45) is 12.5 Å². The summed E-state index contributed by atoms with van der Waals surface area (Å²) in [6.45, 7) is 11.7. The molecule has 6 aliphatic heterocycles. The van der Waals surface area contributed by atoms with Crippen LogP contribution in [0.5, 0.6) is 0 Å². The number of piperidine rings is 2. The van der Waals surface area contributed by atoms with Crippen LogP contribution in [0.15, 0.2) is 65.8 Å². The van der Waals surface area contributed by atoms with Crippen LogP contribution in [0.25, 0.3) is 11.1 Å². The number of nitrogens with one attached hydrogen (secondary N) is 2. The van der Waals surface area contributed by atoms with Crippen LogP contribution in [-0.2, 0) is 55.6 Å². The highest BCUT2D eigenvalue weighted by atomic mass is 16.3. The van der Waals surface area contributed by atoms with Crippen LogP contribution in [0.2, 0.25) is 0 Å². The van der Waals surface area contributed by atoms with E-state index in [0.717, 1.165) is 80.0 Å². The highest BCUT2D eigenvalue weighted by molar-refractivity contribution is 6.23. The van der Waals surface area contributed by atoms with Crippen LogP contribution in [0.4, 0.5) is 23.0 Å². The summed E-state index contributed by atoms with van der Waals surface area (Å²) in [5, 5.41) is 16.4. The molecule has 0 bridgehead atoms. The fraction of sp³-hybridized carbons (Fsp3) is 0.444. The Morgan fingerprint density at radius 1 is 0.819 bits per heavy atom. The molecule has 5 amide bonds. The average molecular weight is 974 g/mol. The summed E-state index contributed by atoms with van der Waals surface area (Å²) in [5.41, 5.74) is 9.05. The summed E-state index contributed by atoms with van der Waals surface area (Å²) in [4.78, 5) is 98.7. The van der Waals surface area contributed by atoms with E-state index in [-0.39, 0.29) is 42.4 Å². The molecule has 1 unspecified atom stereocenters. The van der Waals surface area contributed by atoms with Gasteiger partial charge in [-0.15, -0.1) is 0 Å². The number of rotatable bonds is 8. The first-order valence-electron chi connectivity index (χ1n) is 25.3. The minimum absolute atomic E-state index is 0.0862. The Labute approximate surface area is 416 Å². The van der Waals surface area contributed by atoms with E-state index in [0.29, 0.717) is 82.6 Å². The molecule has 7 aliphatic rings. The Hall–Kier alpha value is -7.02. The van der Waals surface area contributed by atoms with E-state index in [1.165, 1.54) is 15.8 Å². The van der Waals surface area contributed by atoms with Crippen LogP contribution in [0.3, 0.4) is 0 Å². The summed E-state index contributed by atoms with van der Waals surface area (Å²) in [5.74, 6) is -1.14. The number of hydrogen-bond acceptors (Lipinski definition) is 13. The number of aryl methyl sites for hydroxylation is 1. The predicted molar refractivity (Wildman–Crippen MR) is 268 cm³/mol. The van der Waals surface area contributed by atoms with Gasteiger partial charge in [-0.1, -0.05) is 13.8 Å². The van der Waals surface area contributed by atoms with Gasteiger partial charge in [0, 0.05) is 107 Å². The highest BCUT2D eigenvalue weighted by Crippen LogP contribution is 2.41. The molecule has 372 valence electrons. The van der Waals surface area contributed by atoms with Crippen LogP contribution in [0.1, 0.15) is 106 Å². The number of imide groups is 2. The molecule has 5 aromatic rings. The second-order valence-corrected chi connectivity index (χ2v) is 21.7. The molecule has 4 aromatic heterocycles.